The third-order valence-electron chi connectivity index (χ3n) is 5.41. The summed E-state index contributed by atoms with van der Waals surface area (Å²) in [6, 6.07) is 15.7. The van der Waals surface area contributed by atoms with E-state index in [0.29, 0.717) is 17.3 Å². The molecule has 1 saturated carbocycles. The van der Waals surface area contributed by atoms with Crippen molar-refractivity contribution < 1.29 is 9.32 Å². The Morgan fingerprint density at radius 2 is 1.68 bits per heavy atom. The molecule has 1 N–H and O–H groups in total. The van der Waals surface area contributed by atoms with Gasteiger partial charge in [-0.15, -0.1) is 0 Å². The molecular weight excluding hydrogens is 350 g/mol. The van der Waals surface area contributed by atoms with Crippen molar-refractivity contribution in [3.63, 3.8) is 0 Å². The second-order valence-electron chi connectivity index (χ2n) is 7.76. The highest BCUT2D eigenvalue weighted by molar-refractivity contribution is 5.95. The highest BCUT2D eigenvalue weighted by atomic mass is 16.5. The maximum Gasteiger partial charge on any atom is 0.252 e. The molecule has 144 valence electrons. The van der Waals surface area contributed by atoms with Crippen LogP contribution in [0.15, 0.2) is 53.1 Å². The Labute approximate surface area is 165 Å². The minimum Gasteiger partial charge on any atom is -0.338 e. The van der Waals surface area contributed by atoms with Gasteiger partial charge in [-0.1, -0.05) is 71.9 Å². The van der Waals surface area contributed by atoms with Crippen LogP contribution in [-0.4, -0.2) is 16.0 Å². The first-order chi connectivity index (χ1) is 13.6. The Hall–Kier alpha value is -2.95. The molecule has 1 amide bonds. The number of amides is 1. The van der Waals surface area contributed by atoms with Crippen molar-refractivity contribution in [1.29, 1.82) is 0 Å². The number of hydrogen-bond donors (Lipinski definition) is 1. The maximum atomic E-state index is 13.1. The number of rotatable bonds is 4. The van der Waals surface area contributed by atoms with Crippen LogP contribution in [0, 0.1) is 13.8 Å². The largest absolute Gasteiger partial charge is 0.338 e. The lowest BCUT2D eigenvalue weighted by atomic mass is 9.81. The standard InChI is InChI=1S/C23H25N3O2/c1-16-13-17(2)15-19(14-16)21(27)25-23(11-7-4-8-12-23)22-24-20(26-28-22)18-9-5-3-6-10-18/h3,5-6,9-10,13-15H,4,7-8,11-12H2,1-2H3,(H,25,27). The Morgan fingerprint density at radius 3 is 2.36 bits per heavy atom. The summed E-state index contributed by atoms with van der Waals surface area (Å²) in [7, 11) is 0. The molecule has 0 radical (unpaired) electrons. The van der Waals surface area contributed by atoms with Gasteiger partial charge >= 0.3 is 0 Å². The van der Waals surface area contributed by atoms with E-state index in [-0.39, 0.29) is 5.91 Å². The number of carbonyl (C=O) groups is 1. The number of nitrogens with zero attached hydrogens (tertiary/aromatic N) is 2. The Balaban J connectivity index is 1.65. The molecule has 5 heteroatoms. The summed E-state index contributed by atoms with van der Waals surface area (Å²) in [5, 5.41) is 7.43. The fraction of sp³-hybridized carbons (Fsp3) is 0.348. The van der Waals surface area contributed by atoms with E-state index in [4.69, 9.17) is 4.52 Å². The third kappa shape index (κ3) is 3.70. The molecule has 28 heavy (non-hydrogen) atoms. The van der Waals surface area contributed by atoms with Crippen molar-refractivity contribution in [1.82, 2.24) is 15.5 Å². The average molecular weight is 375 g/mol. The van der Waals surface area contributed by atoms with Gasteiger partial charge in [0.25, 0.3) is 11.8 Å². The minimum atomic E-state index is -0.604. The highest BCUT2D eigenvalue weighted by Crippen LogP contribution is 2.37. The van der Waals surface area contributed by atoms with Crippen LogP contribution in [0.3, 0.4) is 0 Å². The summed E-state index contributed by atoms with van der Waals surface area (Å²) >= 11 is 0. The van der Waals surface area contributed by atoms with Crippen molar-refractivity contribution in [2.45, 2.75) is 51.5 Å². The van der Waals surface area contributed by atoms with E-state index in [1.165, 1.54) is 0 Å². The highest BCUT2D eigenvalue weighted by Gasteiger charge is 2.41. The van der Waals surface area contributed by atoms with Crippen LogP contribution < -0.4 is 5.32 Å². The van der Waals surface area contributed by atoms with Crippen LogP contribution in [0.2, 0.25) is 0 Å². The molecule has 0 saturated heterocycles. The fourth-order valence-corrected chi connectivity index (χ4v) is 4.07. The quantitative estimate of drug-likeness (QED) is 0.701. The number of hydrogen-bond acceptors (Lipinski definition) is 4. The van der Waals surface area contributed by atoms with Gasteiger partial charge in [0.2, 0.25) is 5.82 Å². The van der Waals surface area contributed by atoms with Crippen LogP contribution in [0.25, 0.3) is 11.4 Å². The number of aryl methyl sites for hydroxylation is 2. The monoisotopic (exact) mass is 375 g/mol. The van der Waals surface area contributed by atoms with Gasteiger partial charge in [0.05, 0.1) is 0 Å². The number of benzene rings is 2. The van der Waals surface area contributed by atoms with Gasteiger partial charge < -0.3 is 9.84 Å². The molecule has 0 unspecified atom stereocenters. The van der Waals surface area contributed by atoms with E-state index in [9.17, 15) is 4.79 Å². The minimum absolute atomic E-state index is 0.0897. The van der Waals surface area contributed by atoms with Gasteiger partial charge in [-0.3, -0.25) is 4.79 Å². The van der Waals surface area contributed by atoms with E-state index in [1.54, 1.807) is 0 Å². The number of aromatic nitrogens is 2. The topological polar surface area (TPSA) is 68.0 Å². The summed E-state index contributed by atoms with van der Waals surface area (Å²) in [5.41, 5.74) is 3.13. The van der Waals surface area contributed by atoms with Gasteiger partial charge in [0.1, 0.15) is 5.54 Å². The average Bonchev–Trinajstić information content (AvgIpc) is 3.20. The second kappa shape index (κ2) is 7.58. The van der Waals surface area contributed by atoms with E-state index in [2.05, 4.69) is 21.5 Å². The number of carbonyl (C=O) groups excluding carboxylic acids is 1. The molecule has 1 aromatic heterocycles. The zero-order valence-corrected chi connectivity index (χ0v) is 16.4. The van der Waals surface area contributed by atoms with Crippen molar-refractivity contribution in [2.24, 2.45) is 0 Å². The lowest BCUT2D eigenvalue weighted by Crippen LogP contribution is -2.47. The van der Waals surface area contributed by atoms with Crippen LogP contribution in [-0.2, 0) is 5.54 Å². The summed E-state index contributed by atoms with van der Waals surface area (Å²) in [5.74, 6) is 0.970. The van der Waals surface area contributed by atoms with Crippen molar-refractivity contribution in [2.75, 3.05) is 0 Å². The first-order valence-electron chi connectivity index (χ1n) is 9.86. The first-order valence-corrected chi connectivity index (χ1v) is 9.86. The summed E-state index contributed by atoms with van der Waals surface area (Å²) < 4.78 is 5.67. The predicted molar refractivity (Wildman–Crippen MR) is 108 cm³/mol. The second-order valence-corrected chi connectivity index (χ2v) is 7.76. The molecule has 0 atom stereocenters. The molecule has 1 aliphatic carbocycles. The molecule has 1 fully saturated rings. The first kappa shape index (κ1) is 18.4. The molecule has 0 bridgehead atoms. The van der Waals surface area contributed by atoms with Gasteiger partial charge in [0.15, 0.2) is 0 Å². The smallest absolute Gasteiger partial charge is 0.252 e. The van der Waals surface area contributed by atoms with Crippen LogP contribution in [0.1, 0.15) is 59.5 Å². The normalized spacial score (nSPS) is 15.9. The zero-order chi connectivity index (χ0) is 19.6. The molecule has 1 heterocycles. The molecule has 5 nitrogen and oxygen atoms in total. The molecule has 0 aliphatic heterocycles. The Kier molecular flexibility index (Phi) is 4.99. The molecule has 2 aromatic carbocycles. The van der Waals surface area contributed by atoms with E-state index >= 15 is 0 Å². The summed E-state index contributed by atoms with van der Waals surface area (Å²) in [6.45, 7) is 4.01. The van der Waals surface area contributed by atoms with Gasteiger partial charge in [-0.05, 0) is 38.8 Å². The Bertz CT molecular complexity index is 952. The SMILES string of the molecule is Cc1cc(C)cc(C(=O)NC2(c3nc(-c4ccccc4)no3)CCCCC2)c1. The van der Waals surface area contributed by atoms with Crippen molar-refractivity contribution >= 4 is 5.91 Å². The van der Waals surface area contributed by atoms with Gasteiger partial charge in [-0.2, -0.15) is 4.98 Å². The molecule has 1 aliphatic rings. The lowest BCUT2D eigenvalue weighted by Gasteiger charge is -2.34. The Morgan fingerprint density at radius 1 is 1.00 bits per heavy atom. The molecule has 0 spiro atoms. The van der Waals surface area contributed by atoms with E-state index in [0.717, 1.165) is 48.8 Å². The van der Waals surface area contributed by atoms with Crippen molar-refractivity contribution in [3.8, 4) is 11.4 Å². The summed E-state index contributed by atoms with van der Waals surface area (Å²) in [6.07, 6.45) is 4.81. The van der Waals surface area contributed by atoms with Crippen LogP contribution >= 0.6 is 0 Å². The van der Waals surface area contributed by atoms with Gasteiger partial charge in [-0.25, -0.2) is 0 Å². The lowest BCUT2D eigenvalue weighted by molar-refractivity contribution is 0.0824. The van der Waals surface area contributed by atoms with E-state index < -0.39 is 5.54 Å². The zero-order valence-electron chi connectivity index (χ0n) is 16.4. The third-order valence-corrected chi connectivity index (χ3v) is 5.41. The van der Waals surface area contributed by atoms with Crippen LogP contribution in [0.5, 0.6) is 0 Å². The maximum absolute atomic E-state index is 13.1. The fourth-order valence-electron chi connectivity index (χ4n) is 4.07. The van der Waals surface area contributed by atoms with Crippen molar-refractivity contribution in [3.05, 3.63) is 71.1 Å². The molecule has 3 aromatic rings. The molecular formula is C23H25N3O2. The molecule has 4 rings (SSSR count). The van der Waals surface area contributed by atoms with Gasteiger partial charge in [0, 0.05) is 11.1 Å². The predicted octanol–water partition coefficient (Wildman–Crippen LogP) is 4.94. The van der Waals surface area contributed by atoms with Crippen LogP contribution in [0.4, 0.5) is 0 Å². The summed E-state index contributed by atoms with van der Waals surface area (Å²) in [4.78, 5) is 17.7. The van der Waals surface area contributed by atoms with E-state index in [1.807, 2.05) is 56.3 Å². The number of nitrogens with one attached hydrogen (secondary N) is 1.